The SMILES string of the molecule is CC(C)c1nc(S(=O)(=O)N2CCC(Oc3nccc(C(F)(F)F)n3)CC2)cn1C. The number of aromatic nitrogens is 4. The quantitative estimate of drug-likeness (QED) is 0.720. The van der Waals surface area contributed by atoms with Gasteiger partial charge in [0.25, 0.3) is 10.0 Å². The summed E-state index contributed by atoms with van der Waals surface area (Å²) < 4.78 is 72.4. The summed E-state index contributed by atoms with van der Waals surface area (Å²) in [6.45, 7) is 4.19. The van der Waals surface area contributed by atoms with E-state index in [1.54, 1.807) is 11.6 Å². The van der Waals surface area contributed by atoms with Gasteiger partial charge in [-0.3, -0.25) is 0 Å². The van der Waals surface area contributed by atoms with E-state index in [1.165, 1.54) is 10.5 Å². The van der Waals surface area contributed by atoms with E-state index >= 15 is 0 Å². The van der Waals surface area contributed by atoms with Crippen molar-refractivity contribution in [2.24, 2.45) is 7.05 Å². The molecule has 3 rings (SSSR count). The molecule has 2 aromatic rings. The molecule has 3 heterocycles. The van der Waals surface area contributed by atoms with Crippen molar-refractivity contribution in [1.82, 2.24) is 23.8 Å². The Hall–Kier alpha value is -2.21. The van der Waals surface area contributed by atoms with Gasteiger partial charge in [0.05, 0.1) is 0 Å². The third-order valence-corrected chi connectivity index (χ3v) is 6.38. The largest absolute Gasteiger partial charge is 0.460 e. The summed E-state index contributed by atoms with van der Waals surface area (Å²) in [6.07, 6.45) is -1.97. The lowest BCUT2D eigenvalue weighted by Gasteiger charge is -2.30. The van der Waals surface area contributed by atoms with Crippen LogP contribution in [0.2, 0.25) is 0 Å². The Labute approximate surface area is 166 Å². The van der Waals surface area contributed by atoms with Crippen LogP contribution in [0, 0.1) is 0 Å². The lowest BCUT2D eigenvalue weighted by molar-refractivity contribution is -0.141. The molecule has 1 aliphatic rings. The van der Waals surface area contributed by atoms with E-state index in [0.29, 0.717) is 18.7 Å². The van der Waals surface area contributed by atoms with Crippen LogP contribution in [0.15, 0.2) is 23.5 Å². The van der Waals surface area contributed by atoms with Gasteiger partial charge in [0.1, 0.15) is 11.9 Å². The minimum Gasteiger partial charge on any atom is -0.460 e. The fourth-order valence-corrected chi connectivity index (χ4v) is 4.60. The average molecular weight is 433 g/mol. The standard InChI is InChI=1S/C17H22F3N5O3S/c1-11(2)15-23-14(10-24(15)3)29(26,27)25-8-5-12(6-9-25)28-16-21-7-4-13(22-16)17(18,19)20/h4,7,10-12H,5-6,8-9H2,1-3H3. The molecule has 160 valence electrons. The third kappa shape index (κ3) is 4.69. The van der Waals surface area contributed by atoms with Gasteiger partial charge in [-0.05, 0) is 18.9 Å². The van der Waals surface area contributed by atoms with E-state index in [-0.39, 0.29) is 30.0 Å². The fourth-order valence-electron chi connectivity index (χ4n) is 3.14. The molecule has 1 fully saturated rings. The number of imidazole rings is 1. The average Bonchev–Trinajstić information content (AvgIpc) is 3.05. The molecule has 8 nitrogen and oxygen atoms in total. The van der Waals surface area contributed by atoms with Gasteiger partial charge in [-0.15, -0.1) is 0 Å². The van der Waals surface area contributed by atoms with E-state index in [2.05, 4.69) is 15.0 Å². The van der Waals surface area contributed by atoms with Crippen LogP contribution in [-0.2, 0) is 23.2 Å². The molecular formula is C17H22F3N5O3S. The second-order valence-electron chi connectivity index (χ2n) is 7.15. The van der Waals surface area contributed by atoms with Gasteiger partial charge in [0.2, 0.25) is 0 Å². The van der Waals surface area contributed by atoms with E-state index < -0.39 is 28.0 Å². The molecular weight excluding hydrogens is 411 g/mol. The highest BCUT2D eigenvalue weighted by molar-refractivity contribution is 7.89. The number of rotatable bonds is 5. The van der Waals surface area contributed by atoms with Gasteiger partial charge < -0.3 is 9.30 Å². The summed E-state index contributed by atoms with van der Waals surface area (Å²) in [6, 6.07) is 0.396. The zero-order valence-corrected chi connectivity index (χ0v) is 17.0. The van der Waals surface area contributed by atoms with E-state index in [0.717, 1.165) is 12.3 Å². The maximum absolute atomic E-state index is 12.9. The Bertz CT molecular complexity index is 967. The first-order valence-corrected chi connectivity index (χ1v) is 10.5. The predicted octanol–water partition coefficient (Wildman–Crippen LogP) is 2.58. The zero-order valence-electron chi connectivity index (χ0n) is 16.2. The summed E-state index contributed by atoms with van der Waals surface area (Å²) in [4.78, 5) is 11.3. The van der Waals surface area contributed by atoms with Crippen LogP contribution in [0.25, 0.3) is 0 Å². The lowest BCUT2D eigenvalue weighted by Crippen LogP contribution is -2.42. The Morgan fingerprint density at radius 3 is 2.41 bits per heavy atom. The van der Waals surface area contributed by atoms with Gasteiger partial charge in [-0.2, -0.15) is 22.5 Å². The Morgan fingerprint density at radius 2 is 1.86 bits per heavy atom. The third-order valence-electron chi connectivity index (χ3n) is 4.61. The maximum Gasteiger partial charge on any atom is 0.433 e. The molecule has 29 heavy (non-hydrogen) atoms. The van der Waals surface area contributed by atoms with Crippen molar-refractivity contribution in [1.29, 1.82) is 0 Å². The molecule has 0 unspecified atom stereocenters. The molecule has 0 saturated carbocycles. The summed E-state index contributed by atoms with van der Waals surface area (Å²) >= 11 is 0. The summed E-state index contributed by atoms with van der Waals surface area (Å²) in [5.41, 5.74) is -1.08. The lowest BCUT2D eigenvalue weighted by atomic mass is 10.1. The molecule has 1 saturated heterocycles. The summed E-state index contributed by atoms with van der Waals surface area (Å²) in [5.74, 6) is 0.749. The Balaban J connectivity index is 1.65. The van der Waals surface area contributed by atoms with Gasteiger partial charge in [0.15, 0.2) is 10.7 Å². The maximum atomic E-state index is 12.9. The van der Waals surface area contributed by atoms with Crippen LogP contribution < -0.4 is 4.74 Å². The zero-order chi connectivity index (χ0) is 21.4. The van der Waals surface area contributed by atoms with Crippen molar-refractivity contribution < 1.29 is 26.3 Å². The predicted molar refractivity (Wildman–Crippen MR) is 96.7 cm³/mol. The minimum atomic E-state index is -4.59. The molecule has 0 radical (unpaired) electrons. The first-order chi connectivity index (χ1) is 13.5. The number of aryl methyl sites for hydroxylation is 1. The van der Waals surface area contributed by atoms with Gasteiger partial charge in [-0.25, -0.2) is 18.4 Å². The number of nitrogens with zero attached hydrogens (tertiary/aromatic N) is 5. The summed E-state index contributed by atoms with van der Waals surface area (Å²) in [7, 11) is -2.01. The number of ether oxygens (including phenoxy) is 1. The normalized spacial score (nSPS) is 17.1. The van der Waals surface area contributed by atoms with Crippen molar-refractivity contribution in [2.45, 2.75) is 49.9 Å². The highest BCUT2D eigenvalue weighted by atomic mass is 32.2. The molecule has 0 N–H and O–H groups in total. The smallest absolute Gasteiger partial charge is 0.433 e. The van der Waals surface area contributed by atoms with Crippen molar-refractivity contribution in [3.05, 3.63) is 30.0 Å². The number of sulfonamides is 1. The van der Waals surface area contributed by atoms with Crippen LogP contribution in [-0.4, -0.2) is 51.4 Å². The van der Waals surface area contributed by atoms with Gasteiger partial charge in [0, 0.05) is 38.4 Å². The van der Waals surface area contributed by atoms with Crippen LogP contribution >= 0.6 is 0 Å². The number of halogens is 3. The van der Waals surface area contributed by atoms with Crippen molar-refractivity contribution in [2.75, 3.05) is 13.1 Å². The Morgan fingerprint density at radius 1 is 1.21 bits per heavy atom. The molecule has 2 aromatic heterocycles. The monoisotopic (exact) mass is 433 g/mol. The van der Waals surface area contributed by atoms with Crippen molar-refractivity contribution in [3.63, 3.8) is 0 Å². The molecule has 0 aromatic carbocycles. The topological polar surface area (TPSA) is 90.2 Å². The minimum absolute atomic E-state index is 0.00993. The second kappa shape index (κ2) is 7.90. The second-order valence-corrected chi connectivity index (χ2v) is 9.03. The molecule has 0 amide bonds. The molecule has 0 atom stereocenters. The van der Waals surface area contributed by atoms with Gasteiger partial charge >= 0.3 is 12.2 Å². The molecule has 0 spiro atoms. The van der Waals surface area contributed by atoms with Gasteiger partial charge in [-0.1, -0.05) is 13.8 Å². The number of hydrogen-bond donors (Lipinski definition) is 0. The highest BCUT2D eigenvalue weighted by Gasteiger charge is 2.35. The molecule has 0 bridgehead atoms. The number of piperidine rings is 1. The van der Waals surface area contributed by atoms with Crippen LogP contribution in [0.1, 0.15) is 44.1 Å². The van der Waals surface area contributed by atoms with E-state index in [9.17, 15) is 21.6 Å². The van der Waals surface area contributed by atoms with Crippen molar-refractivity contribution in [3.8, 4) is 6.01 Å². The molecule has 12 heteroatoms. The van der Waals surface area contributed by atoms with Crippen molar-refractivity contribution >= 4 is 10.0 Å². The van der Waals surface area contributed by atoms with E-state index in [4.69, 9.17) is 4.74 Å². The summed E-state index contributed by atoms with van der Waals surface area (Å²) in [5, 5.41) is -0.00993. The first-order valence-electron chi connectivity index (χ1n) is 9.09. The highest BCUT2D eigenvalue weighted by Crippen LogP contribution is 2.29. The number of alkyl halides is 3. The molecule has 1 aliphatic heterocycles. The Kier molecular flexibility index (Phi) is 5.86. The van der Waals surface area contributed by atoms with E-state index in [1.807, 2.05) is 13.8 Å². The van der Waals surface area contributed by atoms with Crippen LogP contribution in [0.5, 0.6) is 6.01 Å². The molecule has 0 aliphatic carbocycles. The fraction of sp³-hybridized carbons (Fsp3) is 0.588. The van der Waals surface area contributed by atoms with Crippen LogP contribution in [0.3, 0.4) is 0 Å². The first kappa shape index (κ1) is 21.5. The number of hydrogen-bond acceptors (Lipinski definition) is 6. The van der Waals surface area contributed by atoms with Crippen LogP contribution in [0.4, 0.5) is 13.2 Å².